The summed E-state index contributed by atoms with van der Waals surface area (Å²) in [7, 11) is 0. The number of aldehydes is 2. The maximum atomic E-state index is 10.0. The Balaban J connectivity index is 0. The lowest BCUT2D eigenvalue weighted by atomic mass is 10.2. The van der Waals surface area contributed by atoms with Gasteiger partial charge in [0.15, 0.2) is 0 Å². The van der Waals surface area contributed by atoms with Gasteiger partial charge in [-0.2, -0.15) is 0 Å². The Bertz CT molecular complexity index is 244. The van der Waals surface area contributed by atoms with Crippen LogP contribution in [0.1, 0.15) is 30.1 Å². The van der Waals surface area contributed by atoms with E-state index in [-0.39, 0.29) is 0 Å². The van der Waals surface area contributed by atoms with Gasteiger partial charge in [0.1, 0.15) is 19.4 Å². The highest BCUT2D eigenvalue weighted by atomic mass is 16.1. The van der Waals surface area contributed by atoms with Gasteiger partial charge in [0.25, 0.3) is 0 Å². The van der Waals surface area contributed by atoms with E-state index in [2.05, 4.69) is 0 Å². The first-order valence-corrected chi connectivity index (χ1v) is 4.57. The fourth-order valence-electron chi connectivity index (χ4n) is 0.649. The van der Waals surface area contributed by atoms with Crippen LogP contribution in [0.3, 0.4) is 0 Å². The van der Waals surface area contributed by atoms with Crippen LogP contribution in [0.5, 0.6) is 0 Å². The summed E-state index contributed by atoms with van der Waals surface area (Å²) in [6.07, 6.45) is 3.45. The van der Waals surface area contributed by atoms with E-state index in [0.717, 1.165) is 24.6 Å². The third-order valence-corrected chi connectivity index (χ3v) is 1.34. The molecule has 1 aromatic rings. The summed E-state index contributed by atoms with van der Waals surface area (Å²) in [5.74, 6) is 0. The van der Waals surface area contributed by atoms with Gasteiger partial charge >= 0.3 is 0 Å². The molecule has 82 valence electrons. The Morgan fingerprint density at radius 2 is 1.67 bits per heavy atom. The average molecular weight is 208 g/mol. The summed E-state index contributed by atoms with van der Waals surface area (Å²) < 4.78 is 0. The van der Waals surface area contributed by atoms with Crippen molar-refractivity contribution in [1.82, 2.24) is 0 Å². The Morgan fingerprint density at radius 3 is 1.87 bits per heavy atom. The molecule has 0 spiro atoms. The summed E-state index contributed by atoms with van der Waals surface area (Å²) in [5.41, 5.74) is 0.729. The number of rotatable bonds is 3. The third-order valence-electron chi connectivity index (χ3n) is 1.34. The molecule has 0 aromatic heterocycles. The zero-order valence-electron chi connectivity index (χ0n) is 8.89. The minimum atomic E-state index is 0.708. The molecule has 0 aliphatic carbocycles. The van der Waals surface area contributed by atoms with Crippen LogP contribution in [0.4, 0.5) is 0 Å². The van der Waals surface area contributed by atoms with Crippen molar-refractivity contribution in [3.8, 4) is 0 Å². The van der Waals surface area contributed by atoms with Crippen molar-refractivity contribution in [3.05, 3.63) is 35.9 Å². The average Bonchev–Trinajstić information content (AvgIpc) is 2.34. The maximum absolute atomic E-state index is 10.0. The maximum Gasteiger partial charge on any atom is 0.150 e. The zero-order valence-corrected chi connectivity index (χ0v) is 8.89. The molecule has 1 rings (SSSR count). The molecular formula is C12H16O3. The Hall–Kier alpha value is -1.77. The molecule has 0 radical (unpaired) electrons. The smallest absolute Gasteiger partial charge is 0.150 e. The number of hydrogen-bond donors (Lipinski definition) is 0. The van der Waals surface area contributed by atoms with Crippen molar-refractivity contribution in [1.29, 1.82) is 0 Å². The minimum Gasteiger partial charge on any atom is -0.307 e. The summed E-state index contributed by atoms with van der Waals surface area (Å²) in [6.45, 7) is 3.98. The molecule has 0 unspecified atom stereocenters. The molecule has 0 saturated carbocycles. The molecule has 0 fully saturated rings. The van der Waals surface area contributed by atoms with Gasteiger partial charge < -0.3 is 9.59 Å². The molecule has 0 bridgehead atoms. The highest BCUT2D eigenvalue weighted by Crippen LogP contribution is 1.91. The third kappa shape index (κ3) is 12.2. The second-order valence-corrected chi connectivity index (χ2v) is 2.48. The first kappa shape index (κ1) is 15.7. The second-order valence-electron chi connectivity index (χ2n) is 2.48. The predicted molar refractivity (Wildman–Crippen MR) is 59.9 cm³/mol. The van der Waals surface area contributed by atoms with E-state index >= 15 is 0 Å². The van der Waals surface area contributed by atoms with Crippen LogP contribution < -0.4 is 0 Å². The molecule has 0 N–H and O–H groups in total. The van der Waals surface area contributed by atoms with E-state index in [1.807, 2.05) is 31.9 Å². The standard InChI is InChI=1S/C7H6O.C4H8O.CH2O/c8-6-7-4-2-1-3-5-7;1-2-3-4-5;1-2/h1-6H;4H,2-3H2,1H3;1H2. The molecule has 1 aromatic carbocycles. The molecule has 0 saturated heterocycles. The quantitative estimate of drug-likeness (QED) is 0.716. The lowest BCUT2D eigenvalue weighted by Crippen LogP contribution is -1.73. The van der Waals surface area contributed by atoms with E-state index in [4.69, 9.17) is 4.79 Å². The van der Waals surface area contributed by atoms with Gasteiger partial charge in [-0.3, -0.25) is 4.79 Å². The molecule has 15 heavy (non-hydrogen) atoms. The second kappa shape index (κ2) is 14.7. The summed E-state index contributed by atoms with van der Waals surface area (Å²) in [6, 6.07) is 9.10. The van der Waals surface area contributed by atoms with Crippen molar-refractivity contribution in [3.63, 3.8) is 0 Å². The van der Waals surface area contributed by atoms with Gasteiger partial charge in [-0.15, -0.1) is 0 Å². The Labute approximate surface area is 90.1 Å². The number of benzene rings is 1. The van der Waals surface area contributed by atoms with Crippen LogP contribution >= 0.6 is 0 Å². The predicted octanol–water partition coefficient (Wildman–Crippen LogP) is 2.30. The van der Waals surface area contributed by atoms with E-state index in [0.29, 0.717) is 6.42 Å². The van der Waals surface area contributed by atoms with Crippen molar-refractivity contribution >= 4 is 19.4 Å². The van der Waals surface area contributed by atoms with Gasteiger partial charge in [-0.25, -0.2) is 0 Å². The lowest BCUT2D eigenvalue weighted by molar-refractivity contribution is -0.107. The molecule has 0 atom stereocenters. The first-order valence-electron chi connectivity index (χ1n) is 4.57. The van der Waals surface area contributed by atoms with Crippen LogP contribution in [0.15, 0.2) is 30.3 Å². The fraction of sp³-hybridized carbons (Fsp3) is 0.250. The number of carbonyl (C=O) groups is 3. The van der Waals surface area contributed by atoms with Crippen LogP contribution in [0.2, 0.25) is 0 Å². The molecule has 3 heteroatoms. The largest absolute Gasteiger partial charge is 0.307 e. The van der Waals surface area contributed by atoms with E-state index in [9.17, 15) is 9.59 Å². The number of hydrogen-bond acceptors (Lipinski definition) is 3. The van der Waals surface area contributed by atoms with Crippen LogP contribution in [0.25, 0.3) is 0 Å². The van der Waals surface area contributed by atoms with Crippen LogP contribution in [-0.2, 0) is 9.59 Å². The first-order chi connectivity index (χ1) is 7.35. The van der Waals surface area contributed by atoms with Gasteiger partial charge in [-0.1, -0.05) is 37.3 Å². The highest BCUT2D eigenvalue weighted by molar-refractivity contribution is 5.74. The molecule has 0 aliphatic heterocycles. The minimum absolute atomic E-state index is 0.708. The summed E-state index contributed by atoms with van der Waals surface area (Å²) in [4.78, 5) is 27.4. The topological polar surface area (TPSA) is 51.2 Å². The molecule has 0 heterocycles. The van der Waals surface area contributed by atoms with Crippen molar-refractivity contribution in [2.45, 2.75) is 19.8 Å². The molecule has 0 amide bonds. The van der Waals surface area contributed by atoms with E-state index in [1.54, 1.807) is 12.1 Å². The highest BCUT2D eigenvalue weighted by Gasteiger charge is 1.79. The SMILES string of the molecule is C=O.CCCC=O.O=Cc1ccccc1. The number of unbranched alkanes of at least 4 members (excludes halogenated alkanes) is 1. The van der Waals surface area contributed by atoms with Crippen molar-refractivity contribution in [2.24, 2.45) is 0 Å². The molecule has 3 nitrogen and oxygen atoms in total. The molecule has 0 aliphatic rings. The lowest BCUT2D eigenvalue weighted by Gasteiger charge is -1.81. The van der Waals surface area contributed by atoms with Gasteiger partial charge in [-0.05, 0) is 6.42 Å². The van der Waals surface area contributed by atoms with Gasteiger partial charge in [0.05, 0.1) is 0 Å². The van der Waals surface area contributed by atoms with Gasteiger partial charge in [0.2, 0.25) is 0 Å². The Kier molecular flexibility index (Phi) is 15.4. The van der Waals surface area contributed by atoms with Crippen LogP contribution in [0, 0.1) is 0 Å². The van der Waals surface area contributed by atoms with Crippen molar-refractivity contribution in [2.75, 3.05) is 0 Å². The Morgan fingerprint density at radius 1 is 1.13 bits per heavy atom. The van der Waals surface area contributed by atoms with Crippen molar-refractivity contribution < 1.29 is 14.4 Å². The van der Waals surface area contributed by atoms with Crippen LogP contribution in [-0.4, -0.2) is 19.4 Å². The zero-order chi connectivity index (χ0) is 11.9. The van der Waals surface area contributed by atoms with Gasteiger partial charge in [0, 0.05) is 12.0 Å². The van der Waals surface area contributed by atoms with E-state index in [1.165, 1.54) is 0 Å². The number of carbonyl (C=O) groups excluding carboxylic acids is 3. The molecular weight excluding hydrogens is 192 g/mol. The summed E-state index contributed by atoms with van der Waals surface area (Å²) >= 11 is 0. The summed E-state index contributed by atoms with van der Waals surface area (Å²) in [5, 5.41) is 0. The normalized spacial score (nSPS) is 7.27. The fourth-order valence-corrected chi connectivity index (χ4v) is 0.649. The van der Waals surface area contributed by atoms with E-state index < -0.39 is 0 Å². The monoisotopic (exact) mass is 208 g/mol.